The van der Waals surface area contributed by atoms with E-state index in [4.69, 9.17) is 0 Å². The van der Waals surface area contributed by atoms with E-state index in [9.17, 15) is 27.9 Å². The van der Waals surface area contributed by atoms with Crippen LogP contribution < -0.4 is 10.1 Å². The van der Waals surface area contributed by atoms with E-state index in [-0.39, 0.29) is 48.0 Å². The fourth-order valence-electron chi connectivity index (χ4n) is 4.57. The number of hydrogen-bond donors (Lipinski definition) is 3. The van der Waals surface area contributed by atoms with Gasteiger partial charge in [-0.2, -0.15) is 0 Å². The van der Waals surface area contributed by atoms with Crippen LogP contribution in [0.1, 0.15) is 84.1 Å². The number of carbonyl (C=O) groups excluding carboxylic acids is 3. The van der Waals surface area contributed by atoms with Crippen LogP contribution >= 0.6 is 0 Å². The summed E-state index contributed by atoms with van der Waals surface area (Å²) >= 11 is 0. The largest absolute Gasteiger partial charge is 0.390 e. The normalized spacial score (nSPS) is 13.0. The van der Waals surface area contributed by atoms with Crippen molar-refractivity contribution in [3.05, 3.63) is 70.8 Å². The van der Waals surface area contributed by atoms with Gasteiger partial charge in [0.05, 0.1) is 17.4 Å². The molecular formula is C32H49N5O6S. The molecule has 244 valence electrons. The van der Waals surface area contributed by atoms with Crippen molar-refractivity contribution >= 4 is 27.7 Å². The third kappa shape index (κ3) is 10.7. The van der Waals surface area contributed by atoms with Gasteiger partial charge in [-0.25, -0.2) is 13.4 Å². The minimum absolute atomic E-state index is 0.0912. The van der Waals surface area contributed by atoms with Gasteiger partial charge in [-0.3, -0.25) is 14.4 Å². The van der Waals surface area contributed by atoms with Crippen molar-refractivity contribution in [2.24, 2.45) is 0 Å². The van der Waals surface area contributed by atoms with Gasteiger partial charge in [0.1, 0.15) is 0 Å². The SMILES string of the molecule is CCCN(CCC)C(=O)c1cc(C(=O)NC(Cc2ccccc2)C(O)CN(CC)NS(=O)(=O)C(C)C)cc(C(=O)N(C)C)c1. The van der Waals surface area contributed by atoms with E-state index in [0.717, 1.165) is 18.4 Å². The smallest absolute Gasteiger partial charge is 0.253 e. The maximum absolute atomic E-state index is 13.8. The Balaban J connectivity index is 2.47. The maximum atomic E-state index is 13.8. The van der Waals surface area contributed by atoms with Crippen molar-refractivity contribution in [2.75, 3.05) is 40.3 Å². The molecule has 2 atom stereocenters. The molecule has 44 heavy (non-hydrogen) atoms. The summed E-state index contributed by atoms with van der Waals surface area (Å²) in [6.07, 6.45) is 0.601. The highest BCUT2D eigenvalue weighted by molar-refractivity contribution is 7.90. The third-order valence-electron chi connectivity index (χ3n) is 7.12. The molecule has 12 heteroatoms. The standard InChI is InChI=1S/C32H49N5O6S/c1-8-16-36(17-9-2)32(41)27-20-25(19-26(21-27)31(40)35(6)7)30(39)33-28(18-24-14-12-11-13-15-24)29(38)22-37(10-3)34-44(42,43)23(4)5/h11-15,19-21,23,28-29,34,38H,8-10,16-18,22H2,1-7H3,(H,33,39). The highest BCUT2D eigenvalue weighted by Gasteiger charge is 2.28. The number of rotatable bonds is 17. The average Bonchev–Trinajstić information content (AvgIpc) is 2.99. The summed E-state index contributed by atoms with van der Waals surface area (Å²) in [5.74, 6) is -1.20. The Kier molecular flexibility index (Phi) is 14.4. The second-order valence-electron chi connectivity index (χ2n) is 11.4. The van der Waals surface area contributed by atoms with Crippen LogP contribution in [-0.4, -0.2) is 104 Å². The molecule has 0 heterocycles. The van der Waals surface area contributed by atoms with Gasteiger partial charge in [0.2, 0.25) is 10.0 Å². The average molecular weight is 632 g/mol. The van der Waals surface area contributed by atoms with Crippen LogP contribution in [-0.2, 0) is 16.4 Å². The number of hydrazine groups is 1. The Morgan fingerprint density at radius 1 is 0.864 bits per heavy atom. The predicted molar refractivity (Wildman–Crippen MR) is 173 cm³/mol. The summed E-state index contributed by atoms with van der Waals surface area (Å²) in [6.45, 7) is 10.1. The lowest BCUT2D eigenvalue weighted by molar-refractivity contribution is 0.0634. The Morgan fingerprint density at radius 2 is 1.41 bits per heavy atom. The van der Waals surface area contributed by atoms with Crippen molar-refractivity contribution in [1.29, 1.82) is 0 Å². The molecule has 0 aliphatic heterocycles. The molecule has 2 unspecified atom stereocenters. The number of nitrogens with zero attached hydrogens (tertiary/aromatic N) is 3. The van der Waals surface area contributed by atoms with Gasteiger partial charge in [0.15, 0.2) is 0 Å². The summed E-state index contributed by atoms with van der Waals surface area (Å²) in [5, 5.41) is 15.0. The van der Waals surface area contributed by atoms with Crippen molar-refractivity contribution < 1.29 is 27.9 Å². The van der Waals surface area contributed by atoms with Crippen molar-refractivity contribution in [3.8, 4) is 0 Å². The van der Waals surface area contributed by atoms with E-state index in [1.54, 1.807) is 39.8 Å². The first-order chi connectivity index (χ1) is 20.7. The minimum atomic E-state index is -3.65. The van der Waals surface area contributed by atoms with Gasteiger partial charge in [-0.1, -0.05) is 51.1 Å². The van der Waals surface area contributed by atoms with Crippen LogP contribution in [0.4, 0.5) is 0 Å². The topological polar surface area (TPSA) is 139 Å². The Labute approximate surface area is 262 Å². The molecule has 0 saturated heterocycles. The summed E-state index contributed by atoms with van der Waals surface area (Å²) in [6, 6.07) is 12.9. The highest BCUT2D eigenvalue weighted by atomic mass is 32.2. The molecule has 0 aliphatic rings. The molecule has 2 aromatic rings. The molecule has 3 N–H and O–H groups in total. The minimum Gasteiger partial charge on any atom is -0.390 e. The molecule has 0 aromatic heterocycles. The van der Waals surface area contributed by atoms with Gasteiger partial charge < -0.3 is 20.2 Å². The first-order valence-electron chi connectivity index (χ1n) is 15.2. The number of aliphatic hydroxyl groups excluding tert-OH is 1. The van der Waals surface area contributed by atoms with Gasteiger partial charge in [-0.05, 0) is 56.9 Å². The molecular weight excluding hydrogens is 582 g/mol. The van der Waals surface area contributed by atoms with E-state index in [2.05, 4.69) is 10.1 Å². The number of nitrogens with one attached hydrogen (secondary N) is 2. The lowest BCUT2D eigenvalue weighted by Crippen LogP contribution is -2.54. The zero-order valence-corrected chi connectivity index (χ0v) is 27.9. The van der Waals surface area contributed by atoms with Gasteiger partial charge in [0.25, 0.3) is 17.7 Å². The number of amides is 3. The Hall–Kier alpha value is -3.32. The highest BCUT2D eigenvalue weighted by Crippen LogP contribution is 2.17. The van der Waals surface area contributed by atoms with E-state index in [1.165, 1.54) is 28.1 Å². The quantitative estimate of drug-likeness (QED) is 0.228. The molecule has 0 fully saturated rings. The molecule has 0 radical (unpaired) electrons. The Morgan fingerprint density at radius 3 is 1.91 bits per heavy atom. The second kappa shape index (κ2) is 17.2. The third-order valence-corrected chi connectivity index (χ3v) is 8.87. The second-order valence-corrected chi connectivity index (χ2v) is 13.6. The van der Waals surface area contributed by atoms with Crippen LogP contribution in [0, 0.1) is 0 Å². The van der Waals surface area contributed by atoms with Crippen molar-refractivity contribution in [3.63, 3.8) is 0 Å². The molecule has 0 bridgehead atoms. The number of hydrogen-bond acceptors (Lipinski definition) is 7. The lowest BCUT2D eigenvalue weighted by Gasteiger charge is -2.30. The van der Waals surface area contributed by atoms with Crippen molar-refractivity contribution in [2.45, 2.75) is 71.3 Å². The first-order valence-corrected chi connectivity index (χ1v) is 16.7. The zero-order valence-electron chi connectivity index (χ0n) is 27.0. The van der Waals surface area contributed by atoms with Crippen LogP contribution in [0.5, 0.6) is 0 Å². The van der Waals surface area contributed by atoms with Crippen molar-refractivity contribution in [1.82, 2.24) is 25.0 Å². The van der Waals surface area contributed by atoms with E-state index in [0.29, 0.717) is 13.1 Å². The van der Waals surface area contributed by atoms with Crippen LogP contribution in [0.25, 0.3) is 0 Å². The van der Waals surface area contributed by atoms with Gasteiger partial charge in [0, 0.05) is 57.0 Å². The van der Waals surface area contributed by atoms with Gasteiger partial charge in [-0.15, -0.1) is 4.83 Å². The summed E-state index contributed by atoms with van der Waals surface area (Å²) < 4.78 is 25.0. The molecule has 0 spiro atoms. The molecule has 11 nitrogen and oxygen atoms in total. The van der Waals surface area contributed by atoms with E-state index >= 15 is 0 Å². The molecule has 2 rings (SSSR count). The monoisotopic (exact) mass is 631 g/mol. The fraction of sp³-hybridized carbons (Fsp3) is 0.531. The lowest BCUT2D eigenvalue weighted by atomic mass is 9.99. The van der Waals surface area contributed by atoms with Crippen LogP contribution in [0.2, 0.25) is 0 Å². The van der Waals surface area contributed by atoms with E-state index in [1.807, 2.05) is 44.2 Å². The maximum Gasteiger partial charge on any atom is 0.253 e. The summed E-state index contributed by atoms with van der Waals surface area (Å²) in [4.78, 5) is 45.8. The summed E-state index contributed by atoms with van der Waals surface area (Å²) in [7, 11) is -0.462. The van der Waals surface area contributed by atoms with Crippen LogP contribution in [0.3, 0.4) is 0 Å². The predicted octanol–water partition coefficient (Wildman–Crippen LogP) is 2.92. The first kappa shape index (κ1) is 36.9. The zero-order chi connectivity index (χ0) is 33.0. The van der Waals surface area contributed by atoms with Crippen LogP contribution in [0.15, 0.2) is 48.5 Å². The number of carbonyl (C=O) groups is 3. The number of benzene rings is 2. The molecule has 3 amide bonds. The molecule has 0 aliphatic carbocycles. The van der Waals surface area contributed by atoms with E-state index < -0.39 is 33.3 Å². The Bertz CT molecular complexity index is 1340. The summed E-state index contributed by atoms with van der Waals surface area (Å²) in [5.41, 5.74) is 1.38. The number of sulfonamides is 1. The number of likely N-dealkylation sites (N-methyl/N-ethyl adjacent to an activating group) is 1. The van der Waals surface area contributed by atoms with Gasteiger partial charge >= 0.3 is 0 Å². The fourth-order valence-corrected chi connectivity index (χ4v) is 5.35. The number of aliphatic hydroxyl groups is 1. The molecule has 0 saturated carbocycles. The molecule has 2 aromatic carbocycles.